The van der Waals surface area contributed by atoms with Crippen LogP contribution in [0.5, 0.6) is 5.75 Å². The maximum atomic E-state index is 14.0. The first kappa shape index (κ1) is 21.9. The molecule has 2 amide bonds. The Morgan fingerprint density at radius 3 is 2.65 bits per heavy atom. The van der Waals surface area contributed by atoms with Crippen molar-refractivity contribution in [2.45, 2.75) is 39.3 Å². The normalized spacial score (nSPS) is 15.1. The Balaban J connectivity index is 1.36. The molecule has 1 aromatic heterocycles. The second kappa shape index (κ2) is 8.48. The average Bonchev–Trinajstić information content (AvgIpc) is 3.56. The van der Waals surface area contributed by atoms with Crippen LogP contribution in [0.25, 0.3) is 11.1 Å². The number of imidazole rings is 1. The van der Waals surface area contributed by atoms with Gasteiger partial charge in [-0.25, -0.2) is 14.2 Å². The monoisotopic (exact) mass is 462 g/mol. The van der Waals surface area contributed by atoms with Gasteiger partial charge >= 0.3 is 6.03 Å². The molecule has 34 heavy (non-hydrogen) atoms. The molecule has 0 saturated carbocycles. The number of hydrogen-bond acceptors (Lipinski definition) is 5. The number of aromatic amines is 1. The van der Waals surface area contributed by atoms with E-state index in [1.807, 2.05) is 11.8 Å². The van der Waals surface area contributed by atoms with Gasteiger partial charge in [-0.3, -0.25) is 5.41 Å². The molecule has 8 nitrogen and oxygen atoms in total. The van der Waals surface area contributed by atoms with Crippen molar-refractivity contribution in [2.75, 3.05) is 18.8 Å². The van der Waals surface area contributed by atoms with E-state index >= 15 is 0 Å². The molecule has 1 fully saturated rings. The molecule has 9 heteroatoms. The Morgan fingerprint density at radius 1 is 1.21 bits per heavy atom. The molecule has 0 unspecified atom stereocenters. The van der Waals surface area contributed by atoms with E-state index in [1.165, 1.54) is 12.1 Å². The van der Waals surface area contributed by atoms with Gasteiger partial charge in [-0.05, 0) is 54.2 Å². The highest BCUT2D eigenvalue weighted by atomic mass is 19.1. The van der Waals surface area contributed by atoms with Crippen molar-refractivity contribution in [3.63, 3.8) is 0 Å². The molecular formula is C25H27FN6O2. The summed E-state index contributed by atoms with van der Waals surface area (Å²) in [5.74, 6) is -0.661. The summed E-state index contributed by atoms with van der Waals surface area (Å²) in [7, 11) is 0. The van der Waals surface area contributed by atoms with Crippen molar-refractivity contribution in [3.05, 3.63) is 64.5 Å². The van der Waals surface area contributed by atoms with Crippen molar-refractivity contribution in [2.24, 2.45) is 0 Å². The summed E-state index contributed by atoms with van der Waals surface area (Å²) in [6.45, 7) is 4.41. The van der Waals surface area contributed by atoms with Crippen LogP contribution in [0.3, 0.4) is 0 Å². The van der Waals surface area contributed by atoms with Crippen molar-refractivity contribution in [1.82, 2.24) is 19.8 Å². The molecule has 0 radical (unpaired) electrons. The number of aromatic nitrogens is 2. The zero-order valence-corrected chi connectivity index (χ0v) is 19.0. The van der Waals surface area contributed by atoms with E-state index in [4.69, 9.17) is 11.1 Å². The number of nitrogens with one attached hydrogen (secondary N) is 2. The summed E-state index contributed by atoms with van der Waals surface area (Å²) in [4.78, 5) is 24.1. The summed E-state index contributed by atoms with van der Waals surface area (Å²) < 4.78 is 14.0. The van der Waals surface area contributed by atoms with E-state index in [0.717, 1.165) is 42.9 Å². The van der Waals surface area contributed by atoms with Gasteiger partial charge in [-0.1, -0.05) is 19.1 Å². The maximum Gasteiger partial charge on any atom is 0.320 e. The minimum Gasteiger partial charge on any atom is -0.505 e. The second-order valence-corrected chi connectivity index (χ2v) is 8.83. The van der Waals surface area contributed by atoms with Crippen molar-refractivity contribution >= 4 is 17.4 Å². The summed E-state index contributed by atoms with van der Waals surface area (Å²) >= 11 is 0. The lowest BCUT2D eigenvalue weighted by atomic mass is 9.95. The lowest BCUT2D eigenvalue weighted by Gasteiger charge is -2.23. The third kappa shape index (κ3) is 3.76. The van der Waals surface area contributed by atoms with E-state index < -0.39 is 5.82 Å². The molecule has 3 aromatic rings. The highest BCUT2D eigenvalue weighted by molar-refractivity contribution is 6.12. The highest BCUT2D eigenvalue weighted by Crippen LogP contribution is 2.32. The lowest BCUT2D eigenvalue weighted by Crippen LogP contribution is -2.38. The predicted molar refractivity (Wildman–Crippen MR) is 127 cm³/mol. The largest absolute Gasteiger partial charge is 0.505 e. The maximum absolute atomic E-state index is 14.0. The Morgan fingerprint density at radius 2 is 1.97 bits per heavy atom. The van der Waals surface area contributed by atoms with Crippen LogP contribution < -0.4 is 5.73 Å². The second-order valence-electron chi connectivity index (χ2n) is 8.83. The van der Waals surface area contributed by atoms with E-state index in [1.54, 1.807) is 23.1 Å². The van der Waals surface area contributed by atoms with Crippen LogP contribution in [0.4, 0.5) is 14.9 Å². The number of phenols is 1. The number of carbonyl (C=O) groups excluding carboxylic acids is 1. The molecule has 2 aliphatic heterocycles. The quantitative estimate of drug-likeness (QED) is 0.346. The summed E-state index contributed by atoms with van der Waals surface area (Å²) in [5, 5.41) is 18.3. The third-order valence-corrected chi connectivity index (χ3v) is 6.62. The predicted octanol–water partition coefficient (Wildman–Crippen LogP) is 4.01. The Bertz CT molecular complexity index is 1270. The highest BCUT2D eigenvalue weighted by Gasteiger charge is 2.31. The molecule has 2 aliphatic rings. The number of carbonyl (C=O) groups is 1. The average molecular weight is 463 g/mol. The van der Waals surface area contributed by atoms with Crippen molar-refractivity contribution < 1.29 is 14.3 Å². The number of H-pyrrole nitrogens is 1. The summed E-state index contributed by atoms with van der Waals surface area (Å²) in [5.41, 5.74) is 11.1. The number of nitrogens with two attached hydrogens (primary N) is 1. The number of fused-ring (bicyclic) bond motifs is 1. The first-order chi connectivity index (χ1) is 16.4. The molecule has 5 rings (SSSR count). The Kier molecular flexibility index (Phi) is 5.47. The van der Waals surface area contributed by atoms with Gasteiger partial charge in [0.2, 0.25) is 0 Å². The minimum atomic E-state index is -0.690. The number of phenolic OH excluding ortho intramolecular Hbond substituents is 1. The van der Waals surface area contributed by atoms with Crippen molar-refractivity contribution in [3.8, 4) is 16.9 Å². The van der Waals surface area contributed by atoms with Crippen LogP contribution in [0, 0.1) is 11.2 Å². The molecule has 5 N–H and O–H groups in total. The molecule has 0 bridgehead atoms. The van der Waals surface area contributed by atoms with Crippen LogP contribution in [0.15, 0.2) is 30.3 Å². The van der Waals surface area contributed by atoms with Gasteiger partial charge in [0.25, 0.3) is 0 Å². The topological polar surface area (TPSA) is 122 Å². The van der Waals surface area contributed by atoms with Crippen LogP contribution in [-0.2, 0) is 19.5 Å². The number of halogens is 1. The van der Waals surface area contributed by atoms with Gasteiger partial charge in [0.1, 0.15) is 5.71 Å². The zero-order chi connectivity index (χ0) is 24.0. The number of nitrogens with zero attached hydrogens (tertiary/aromatic N) is 3. The molecule has 176 valence electrons. The summed E-state index contributed by atoms with van der Waals surface area (Å²) in [6.07, 6.45) is 2.72. The van der Waals surface area contributed by atoms with Crippen LogP contribution in [0.2, 0.25) is 0 Å². The number of rotatable bonds is 4. The molecule has 0 spiro atoms. The third-order valence-electron chi connectivity index (χ3n) is 6.62. The standard InChI is InChI=1S/C25H27FN6O2/c1-2-14-10-22(33)18(26)11-17(14)15-5-6-16(19(27)9-15)23(28)24-29-20-12-32(13-21(20)30-24)25(34)31-7-3-4-8-31/h5-6,9-11,28,33H,2-4,7-8,12-13,27H2,1H3,(H,29,30). The first-order valence-corrected chi connectivity index (χ1v) is 11.5. The molecule has 1 saturated heterocycles. The fourth-order valence-electron chi connectivity index (χ4n) is 4.75. The Labute approximate surface area is 196 Å². The van der Waals surface area contributed by atoms with E-state index in [0.29, 0.717) is 47.7 Å². The molecule has 0 aliphatic carbocycles. The Hall–Kier alpha value is -3.88. The summed E-state index contributed by atoms with van der Waals surface area (Å²) in [6, 6.07) is 8.01. The number of anilines is 1. The molecule has 2 aromatic carbocycles. The van der Waals surface area contributed by atoms with E-state index in [9.17, 15) is 14.3 Å². The van der Waals surface area contributed by atoms with E-state index in [2.05, 4.69) is 9.97 Å². The van der Waals surface area contributed by atoms with E-state index in [-0.39, 0.29) is 17.5 Å². The number of aryl methyl sites for hydroxylation is 1. The zero-order valence-electron chi connectivity index (χ0n) is 19.0. The number of aromatic hydroxyl groups is 1. The lowest BCUT2D eigenvalue weighted by molar-refractivity contribution is 0.162. The number of nitrogen functional groups attached to an aromatic ring is 1. The SMILES string of the molecule is CCc1cc(O)c(F)cc1-c1ccc(C(=N)c2nc3c([nH]2)CN(C(=O)N2CCCC2)C3)c(N)c1. The van der Waals surface area contributed by atoms with Gasteiger partial charge in [-0.15, -0.1) is 0 Å². The number of amides is 2. The van der Waals surface area contributed by atoms with Gasteiger partial charge in [0.15, 0.2) is 17.4 Å². The van der Waals surface area contributed by atoms with Crippen LogP contribution in [0.1, 0.15) is 48.1 Å². The van der Waals surface area contributed by atoms with Crippen molar-refractivity contribution in [1.29, 1.82) is 5.41 Å². The number of hydrogen-bond donors (Lipinski definition) is 4. The first-order valence-electron chi connectivity index (χ1n) is 11.5. The van der Waals surface area contributed by atoms with Gasteiger partial charge in [0.05, 0.1) is 24.5 Å². The van der Waals surface area contributed by atoms with Crippen LogP contribution >= 0.6 is 0 Å². The number of likely N-dealkylation sites (tertiary alicyclic amines) is 1. The van der Waals surface area contributed by atoms with Gasteiger partial charge in [-0.2, -0.15) is 0 Å². The molecule has 0 atom stereocenters. The van der Waals surface area contributed by atoms with Crippen LogP contribution in [-0.4, -0.2) is 49.7 Å². The fraction of sp³-hybridized carbons (Fsp3) is 0.320. The molecule has 3 heterocycles. The molecular weight excluding hydrogens is 435 g/mol. The number of urea groups is 1. The fourth-order valence-corrected chi connectivity index (χ4v) is 4.75. The van der Waals surface area contributed by atoms with Gasteiger partial charge < -0.3 is 25.6 Å². The van der Waals surface area contributed by atoms with Gasteiger partial charge in [0, 0.05) is 24.3 Å². The number of benzene rings is 2. The smallest absolute Gasteiger partial charge is 0.320 e. The minimum absolute atomic E-state index is 0.0393.